The number of aromatic nitrogens is 4. The van der Waals surface area contributed by atoms with Gasteiger partial charge in [0.05, 0.1) is 35.2 Å². The molecule has 0 aliphatic carbocycles. The first-order chi connectivity index (χ1) is 15.6. The van der Waals surface area contributed by atoms with Crippen LogP contribution >= 0.6 is 11.3 Å². The molecule has 0 radical (unpaired) electrons. The van der Waals surface area contributed by atoms with Crippen molar-refractivity contribution < 1.29 is 14.6 Å². The largest absolute Gasteiger partial charge is 0.391 e. The Morgan fingerprint density at radius 3 is 2.91 bits per heavy atom. The Hall–Kier alpha value is -3.14. The first kappa shape index (κ1) is 20.7. The summed E-state index contributed by atoms with van der Waals surface area (Å²) in [6, 6.07) is 11.6. The molecule has 1 fully saturated rings. The van der Waals surface area contributed by atoms with Gasteiger partial charge in [0.25, 0.3) is 5.91 Å². The number of aliphatic hydroxyl groups is 1. The number of aryl methyl sites for hydroxylation is 1. The van der Waals surface area contributed by atoms with Crippen molar-refractivity contribution in [1.29, 1.82) is 0 Å². The fourth-order valence-electron chi connectivity index (χ4n) is 3.87. The van der Waals surface area contributed by atoms with E-state index < -0.39 is 12.1 Å². The van der Waals surface area contributed by atoms with Crippen LogP contribution in [0.25, 0.3) is 21.5 Å². The second-order valence-corrected chi connectivity index (χ2v) is 8.88. The lowest BCUT2D eigenvalue weighted by Crippen LogP contribution is -2.49. The fraction of sp³-hybridized carbons (Fsp3) is 0.304. The zero-order chi connectivity index (χ0) is 22.1. The molecule has 2 atom stereocenters. The molecule has 4 aromatic rings. The van der Waals surface area contributed by atoms with Crippen LogP contribution in [-0.2, 0) is 18.2 Å². The number of fused-ring (bicyclic) bond motifs is 1. The molecular weight excluding hydrogens is 426 g/mol. The van der Waals surface area contributed by atoms with E-state index in [1.54, 1.807) is 16.0 Å². The van der Waals surface area contributed by atoms with Crippen LogP contribution in [0.2, 0.25) is 0 Å². The molecule has 5 rings (SSSR count). The molecule has 1 saturated heterocycles. The molecule has 9 heteroatoms. The lowest BCUT2D eigenvalue weighted by molar-refractivity contribution is -0.0140. The average molecular weight is 450 g/mol. The third kappa shape index (κ3) is 4.27. The smallest absolute Gasteiger partial charge is 0.270 e. The third-order valence-corrected chi connectivity index (χ3v) is 6.58. The van der Waals surface area contributed by atoms with Crippen molar-refractivity contribution in [2.45, 2.75) is 25.0 Å². The molecule has 4 heterocycles. The summed E-state index contributed by atoms with van der Waals surface area (Å²) in [6.07, 6.45) is 2.46. The third-order valence-electron chi connectivity index (χ3n) is 5.60. The highest BCUT2D eigenvalue weighted by molar-refractivity contribution is 7.17. The zero-order valence-electron chi connectivity index (χ0n) is 17.6. The maximum atomic E-state index is 12.9. The average Bonchev–Trinajstić information content (AvgIpc) is 3.45. The summed E-state index contributed by atoms with van der Waals surface area (Å²) in [5, 5.41) is 23.1. The number of pyridine rings is 1. The molecule has 0 unspecified atom stereocenters. The van der Waals surface area contributed by atoms with Gasteiger partial charge in [0, 0.05) is 19.2 Å². The predicted octanol–water partition coefficient (Wildman–Crippen LogP) is 2.56. The molecule has 32 heavy (non-hydrogen) atoms. The molecule has 3 aromatic heterocycles. The number of ether oxygens (including phenoxy) is 1. The van der Waals surface area contributed by atoms with Crippen molar-refractivity contribution in [3.8, 4) is 11.3 Å². The van der Waals surface area contributed by atoms with Crippen LogP contribution in [0.15, 0.2) is 48.0 Å². The van der Waals surface area contributed by atoms with Crippen molar-refractivity contribution in [2.75, 3.05) is 13.2 Å². The molecule has 0 bridgehead atoms. The molecule has 0 spiro atoms. The summed E-state index contributed by atoms with van der Waals surface area (Å²) >= 11 is 1.62. The Kier molecular flexibility index (Phi) is 5.69. The number of aliphatic hydroxyl groups excluding tert-OH is 1. The van der Waals surface area contributed by atoms with Crippen molar-refractivity contribution in [1.82, 2.24) is 25.3 Å². The minimum Gasteiger partial charge on any atom is -0.391 e. The summed E-state index contributed by atoms with van der Waals surface area (Å²) in [6.45, 7) is 0.811. The molecule has 1 aromatic carbocycles. The second kappa shape index (κ2) is 8.78. The van der Waals surface area contributed by atoms with Gasteiger partial charge in [-0.2, -0.15) is 0 Å². The lowest BCUT2D eigenvalue weighted by atomic mass is 10.0. The van der Waals surface area contributed by atoms with Crippen LogP contribution in [0.1, 0.15) is 28.0 Å². The molecule has 0 saturated carbocycles. The number of carbonyl (C=O) groups is 1. The predicted molar refractivity (Wildman–Crippen MR) is 122 cm³/mol. The molecule has 164 valence electrons. The number of rotatable bonds is 5. The summed E-state index contributed by atoms with van der Waals surface area (Å²) in [4.78, 5) is 17.4. The van der Waals surface area contributed by atoms with Crippen LogP contribution in [0.4, 0.5) is 0 Å². The number of amides is 1. The number of benzene rings is 1. The van der Waals surface area contributed by atoms with Gasteiger partial charge in [0.1, 0.15) is 11.4 Å². The second-order valence-electron chi connectivity index (χ2n) is 7.96. The SMILES string of the molecule is Cn1cc(-c2ccc(Cc3cc(C(=O)N[C@@H]4COCC[C@H]4O)nc4ccsc34)cc2)nn1. The van der Waals surface area contributed by atoms with Crippen molar-refractivity contribution in [3.05, 3.63) is 64.8 Å². The van der Waals surface area contributed by atoms with E-state index in [2.05, 4.69) is 32.7 Å². The summed E-state index contributed by atoms with van der Waals surface area (Å²) < 4.78 is 8.14. The first-order valence-electron chi connectivity index (χ1n) is 10.5. The lowest BCUT2D eigenvalue weighted by Gasteiger charge is -2.28. The summed E-state index contributed by atoms with van der Waals surface area (Å²) in [7, 11) is 1.84. The van der Waals surface area contributed by atoms with E-state index in [1.807, 2.05) is 42.9 Å². The quantitative estimate of drug-likeness (QED) is 0.486. The van der Waals surface area contributed by atoms with Gasteiger partial charge in [-0.05, 0) is 41.5 Å². The number of carbonyl (C=O) groups excluding carboxylic acids is 1. The maximum Gasteiger partial charge on any atom is 0.270 e. The summed E-state index contributed by atoms with van der Waals surface area (Å²) in [5.41, 5.74) is 5.15. The Bertz CT molecular complexity index is 1250. The van der Waals surface area contributed by atoms with Gasteiger partial charge in [-0.3, -0.25) is 9.48 Å². The minimum absolute atomic E-state index is 0.299. The standard InChI is InChI=1S/C23H23N5O3S/c1-28-12-19(26-27-28)15-4-2-14(3-5-15)10-16-11-18(24-17-7-9-32-22(16)17)23(30)25-20-13-31-8-6-21(20)29/h2-5,7,9,11-12,20-21,29H,6,8,10,13H2,1H3,(H,25,30)/t20-,21-/m1/s1. The molecule has 1 aliphatic rings. The maximum absolute atomic E-state index is 12.9. The van der Waals surface area contributed by atoms with Gasteiger partial charge in [-0.1, -0.05) is 29.5 Å². The number of thiophene rings is 1. The van der Waals surface area contributed by atoms with E-state index in [-0.39, 0.29) is 5.91 Å². The Labute approximate surface area is 188 Å². The van der Waals surface area contributed by atoms with Crippen LogP contribution < -0.4 is 5.32 Å². The van der Waals surface area contributed by atoms with Crippen molar-refractivity contribution >= 4 is 27.5 Å². The molecular formula is C23H23N5O3S. The Morgan fingerprint density at radius 1 is 1.31 bits per heavy atom. The van der Waals surface area contributed by atoms with E-state index in [4.69, 9.17) is 4.74 Å². The Balaban J connectivity index is 1.39. The number of nitrogens with one attached hydrogen (secondary N) is 1. The van der Waals surface area contributed by atoms with Crippen LogP contribution in [0.3, 0.4) is 0 Å². The zero-order valence-corrected chi connectivity index (χ0v) is 18.4. The number of hydrogen-bond acceptors (Lipinski definition) is 7. The van der Waals surface area contributed by atoms with E-state index in [9.17, 15) is 9.90 Å². The monoisotopic (exact) mass is 449 g/mol. The molecule has 1 aliphatic heterocycles. The van der Waals surface area contributed by atoms with Crippen molar-refractivity contribution in [2.24, 2.45) is 7.05 Å². The first-order valence-corrected chi connectivity index (χ1v) is 11.3. The topological polar surface area (TPSA) is 102 Å². The normalized spacial score (nSPS) is 18.7. The van der Waals surface area contributed by atoms with E-state index in [1.165, 1.54) is 0 Å². The molecule has 1 amide bonds. The highest BCUT2D eigenvalue weighted by Crippen LogP contribution is 2.27. The molecule has 8 nitrogen and oxygen atoms in total. The van der Waals surface area contributed by atoms with Gasteiger partial charge in [-0.15, -0.1) is 16.4 Å². The van der Waals surface area contributed by atoms with Gasteiger partial charge < -0.3 is 15.2 Å². The van der Waals surface area contributed by atoms with Crippen LogP contribution in [0, 0.1) is 0 Å². The molecule has 2 N–H and O–H groups in total. The van der Waals surface area contributed by atoms with Gasteiger partial charge in [0.2, 0.25) is 0 Å². The van der Waals surface area contributed by atoms with Crippen molar-refractivity contribution in [3.63, 3.8) is 0 Å². The highest BCUT2D eigenvalue weighted by Gasteiger charge is 2.26. The highest BCUT2D eigenvalue weighted by atomic mass is 32.1. The minimum atomic E-state index is -0.607. The van der Waals surface area contributed by atoms with E-state index in [0.717, 1.165) is 32.6 Å². The van der Waals surface area contributed by atoms with E-state index in [0.29, 0.717) is 31.7 Å². The summed E-state index contributed by atoms with van der Waals surface area (Å²) in [5.74, 6) is -0.299. The van der Waals surface area contributed by atoms with E-state index >= 15 is 0 Å². The van der Waals surface area contributed by atoms with Gasteiger partial charge >= 0.3 is 0 Å². The Morgan fingerprint density at radius 2 is 2.16 bits per heavy atom. The van der Waals surface area contributed by atoms with Gasteiger partial charge in [-0.25, -0.2) is 4.98 Å². The number of nitrogens with zero attached hydrogens (tertiary/aromatic N) is 4. The van der Waals surface area contributed by atoms with Crippen LogP contribution in [0.5, 0.6) is 0 Å². The fourth-order valence-corrected chi connectivity index (χ4v) is 4.72. The van der Waals surface area contributed by atoms with Gasteiger partial charge in [0.15, 0.2) is 0 Å². The van der Waals surface area contributed by atoms with Crippen LogP contribution in [-0.4, -0.2) is 56.4 Å². The number of hydrogen-bond donors (Lipinski definition) is 2.